The first-order valence-electron chi connectivity index (χ1n) is 6.57. The second kappa shape index (κ2) is 5.65. The lowest BCUT2D eigenvalue weighted by Gasteiger charge is -2.17. The number of hydrogen-bond acceptors (Lipinski definition) is 1. The molecule has 1 amide bonds. The fourth-order valence-corrected chi connectivity index (χ4v) is 2.06. The molecule has 1 aliphatic carbocycles. The van der Waals surface area contributed by atoms with E-state index in [2.05, 4.69) is 5.32 Å². The van der Waals surface area contributed by atoms with Gasteiger partial charge >= 0.3 is 0 Å². The van der Waals surface area contributed by atoms with Gasteiger partial charge in [-0.1, -0.05) is 0 Å². The van der Waals surface area contributed by atoms with Crippen molar-refractivity contribution in [2.75, 3.05) is 0 Å². The summed E-state index contributed by atoms with van der Waals surface area (Å²) in [5.74, 6) is -1.19. The van der Waals surface area contributed by atoms with Crippen molar-refractivity contribution in [3.05, 3.63) is 35.4 Å². The van der Waals surface area contributed by atoms with Gasteiger partial charge in [0.2, 0.25) is 0 Å². The van der Waals surface area contributed by atoms with E-state index < -0.39 is 11.6 Å². The number of carbonyl (C=O) groups is 1. The van der Waals surface area contributed by atoms with Crippen molar-refractivity contribution < 1.29 is 18.9 Å². The third kappa shape index (κ3) is 3.73. The maximum Gasteiger partial charge on any atom is 0.278 e. The van der Waals surface area contributed by atoms with E-state index in [9.17, 15) is 13.6 Å². The SMILES string of the molecule is C[C@H]([NH2+][C@H](C)c1ccc(F)cc1F)C(=O)NC1CC1. The molecule has 3 nitrogen and oxygen atoms in total. The fourth-order valence-electron chi connectivity index (χ4n) is 2.06. The van der Waals surface area contributed by atoms with Gasteiger partial charge < -0.3 is 10.6 Å². The van der Waals surface area contributed by atoms with Crippen LogP contribution >= 0.6 is 0 Å². The molecule has 0 spiro atoms. The first-order chi connectivity index (χ1) is 8.97. The predicted octanol–water partition coefficient (Wildman–Crippen LogP) is 1.26. The topological polar surface area (TPSA) is 45.7 Å². The molecule has 0 unspecified atom stereocenters. The summed E-state index contributed by atoms with van der Waals surface area (Å²) in [6.07, 6.45) is 2.08. The average molecular weight is 269 g/mol. The van der Waals surface area contributed by atoms with Crippen LogP contribution in [0.4, 0.5) is 8.78 Å². The molecule has 1 aliphatic rings. The van der Waals surface area contributed by atoms with E-state index in [-0.39, 0.29) is 18.0 Å². The number of benzene rings is 1. The Morgan fingerprint density at radius 2 is 2.05 bits per heavy atom. The third-order valence-electron chi connectivity index (χ3n) is 3.37. The summed E-state index contributed by atoms with van der Waals surface area (Å²) >= 11 is 0. The highest BCUT2D eigenvalue weighted by molar-refractivity contribution is 5.80. The Kier molecular flexibility index (Phi) is 4.14. The summed E-state index contributed by atoms with van der Waals surface area (Å²) in [5.41, 5.74) is 0.410. The Labute approximate surface area is 111 Å². The van der Waals surface area contributed by atoms with E-state index in [4.69, 9.17) is 0 Å². The highest BCUT2D eigenvalue weighted by atomic mass is 19.1. The van der Waals surface area contributed by atoms with Crippen molar-refractivity contribution in [2.45, 2.75) is 44.8 Å². The molecule has 5 heteroatoms. The smallest absolute Gasteiger partial charge is 0.278 e. The quantitative estimate of drug-likeness (QED) is 0.830. The van der Waals surface area contributed by atoms with Gasteiger partial charge in [0.1, 0.15) is 17.7 Å². The molecule has 19 heavy (non-hydrogen) atoms. The Morgan fingerprint density at radius 3 is 2.63 bits per heavy atom. The minimum Gasteiger partial charge on any atom is -0.348 e. The summed E-state index contributed by atoms with van der Waals surface area (Å²) in [7, 11) is 0. The number of nitrogens with one attached hydrogen (secondary N) is 1. The van der Waals surface area contributed by atoms with Gasteiger partial charge in [0.05, 0.1) is 0 Å². The Balaban J connectivity index is 1.95. The van der Waals surface area contributed by atoms with Gasteiger partial charge in [0, 0.05) is 17.7 Å². The molecule has 0 saturated heterocycles. The van der Waals surface area contributed by atoms with Gasteiger partial charge in [-0.15, -0.1) is 0 Å². The zero-order chi connectivity index (χ0) is 14.0. The molecule has 0 radical (unpaired) electrons. The molecule has 104 valence electrons. The average Bonchev–Trinajstić information content (AvgIpc) is 3.12. The van der Waals surface area contributed by atoms with Crippen molar-refractivity contribution in [2.24, 2.45) is 0 Å². The number of quaternary nitrogens is 1. The maximum atomic E-state index is 13.6. The number of rotatable bonds is 5. The van der Waals surface area contributed by atoms with Crippen LogP contribution in [0.15, 0.2) is 18.2 Å². The highest BCUT2D eigenvalue weighted by Crippen LogP contribution is 2.18. The summed E-state index contributed by atoms with van der Waals surface area (Å²) < 4.78 is 26.4. The second-order valence-electron chi connectivity index (χ2n) is 5.22. The molecule has 1 aromatic carbocycles. The summed E-state index contributed by atoms with van der Waals surface area (Å²) in [4.78, 5) is 11.8. The van der Waals surface area contributed by atoms with Crippen LogP contribution in [0.5, 0.6) is 0 Å². The molecule has 1 aromatic rings. The van der Waals surface area contributed by atoms with Crippen LogP contribution in [0.3, 0.4) is 0 Å². The van der Waals surface area contributed by atoms with E-state index in [1.807, 2.05) is 0 Å². The lowest BCUT2D eigenvalue weighted by atomic mass is 10.1. The van der Waals surface area contributed by atoms with Gasteiger partial charge in [-0.2, -0.15) is 0 Å². The van der Waals surface area contributed by atoms with Crippen molar-refractivity contribution in [3.63, 3.8) is 0 Å². The van der Waals surface area contributed by atoms with Crippen molar-refractivity contribution in [3.8, 4) is 0 Å². The molecular weight excluding hydrogens is 250 g/mol. The zero-order valence-corrected chi connectivity index (χ0v) is 11.1. The number of amides is 1. The lowest BCUT2D eigenvalue weighted by molar-refractivity contribution is -0.710. The summed E-state index contributed by atoms with van der Waals surface area (Å²) in [6.45, 7) is 3.59. The Bertz CT molecular complexity index is 475. The van der Waals surface area contributed by atoms with Crippen molar-refractivity contribution >= 4 is 5.91 Å². The minimum atomic E-state index is -0.590. The summed E-state index contributed by atoms with van der Waals surface area (Å²) in [5, 5.41) is 4.70. The van der Waals surface area contributed by atoms with Crippen LogP contribution in [-0.4, -0.2) is 18.0 Å². The van der Waals surface area contributed by atoms with Gasteiger partial charge in [-0.25, -0.2) is 8.78 Å². The molecule has 2 rings (SSSR count). The standard InChI is InChI=1S/C14H18F2N2O/c1-8(12-6-3-10(15)7-13(12)16)17-9(2)14(19)18-11-4-5-11/h3,6-9,11,17H,4-5H2,1-2H3,(H,18,19)/p+1/t8-,9+/m1/s1. The molecule has 0 bridgehead atoms. The van der Waals surface area contributed by atoms with Crippen molar-refractivity contribution in [1.29, 1.82) is 0 Å². The monoisotopic (exact) mass is 269 g/mol. The largest absolute Gasteiger partial charge is 0.348 e. The van der Waals surface area contributed by atoms with Crippen LogP contribution < -0.4 is 10.6 Å². The van der Waals surface area contributed by atoms with Gasteiger partial charge in [0.25, 0.3) is 5.91 Å². The van der Waals surface area contributed by atoms with Gasteiger partial charge in [-0.3, -0.25) is 4.79 Å². The van der Waals surface area contributed by atoms with Gasteiger partial charge in [0.15, 0.2) is 6.04 Å². The normalized spacial score (nSPS) is 17.9. The third-order valence-corrected chi connectivity index (χ3v) is 3.37. The molecule has 0 aromatic heterocycles. The van der Waals surface area contributed by atoms with E-state index in [0.717, 1.165) is 18.9 Å². The number of nitrogens with two attached hydrogens (primary N) is 1. The van der Waals surface area contributed by atoms with Crippen LogP contribution in [0.2, 0.25) is 0 Å². The molecule has 1 fully saturated rings. The number of halogens is 2. The summed E-state index contributed by atoms with van der Waals surface area (Å²) in [6, 6.07) is 3.32. The fraction of sp³-hybridized carbons (Fsp3) is 0.500. The highest BCUT2D eigenvalue weighted by Gasteiger charge is 2.28. The van der Waals surface area contributed by atoms with Crippen LogP contribution in [0.25, 0.3) is 0 Å². The zero-order valence-electron chi connectivity index (χ0n) is 11.1. The molecule has 2 atom stereocenters. The maximum absolute atomic E-state index is 13.6. The minimum absolute atomic E-state index is 0.0307. The number of carbonyl (C=O) groups excluding carboxylic acids is 1. The van der Waals surface area contributed by atoms with E-state index in [1.165, 1.54) is 12.1 Å². The van der Waals surface area contributed by atoms with Crippen LogP contribution in [0, 0.1) is 11.6 Å². The molecule has 3 N–H and O–H groups in total. The molecule has 1 saturated carbocycles. The molecule has 0 heterocycles. The lowest BCUT2D eigenvalue weighted by Crippen LogP contribution is -2.92. The second-order valence-corrected chi connectivity index (χ2v) is 5.22. The van der Waals surface area contributed by atoms with Crippen LogP contribution in [-0.2, 0) is 4.79 Å². The first-order valence-corrected chi connectivity index (χ1v) is 6.57. The molecule has 0 aliphatic heterocycles. The Hall–Kier alpha value is -1.49. The number of hydrogen-bond donors (Lipinski definition) is 2. The molecular formula is C14H19F2N2O+. The van der Waals surface area contributed by atoms with E-state index in [1.54, 1.807) is 19.2 Å². The van der Waals surface area contributed by atoms with E-state index in [0.29, 0.717) is 11.6 Å². The van der Waals surface area contributed by atoms with E-state index >= 15 is 0 Å². The van der Waals surface area contributed by atoms with Crippen molar-refractivity contribution in [1.82, 2.24) is 5.32 Å². The predicted molar refractivity (Wildman–Crippen MR) is 67.3 cm³/mol. The Morgan fingerprint density at radius 1 is 1.37 bits per heavy atom. The van der Waals surface area contributed by atoms with Crippen LogP contribution in [0.1, 0.15) is 38.3 Å². The van der Waals surface area contributed by atoms with Gasteiger partial charge in [-0.05, 0) is 38.8 Å². The first kappa shape index (κ1) is 13.9.